The van der Waals surface area contributed by atoms with Gasteiger partial charge in [-0.05, 0) is 48.4 Å². The number of nitrogens with two attached hydrogens (primary N) is 1. The molecule has 2 N–H and O–H groups in total. The van der Waals surface area contributed by atoms with Crippen LogP contribution in [0.5, 0.6) is 0 Å². The summed E-state index contributed by atoms with van der Waals surface area (Å²) in [6.07, 6.45) is 4.46. The van der Waals surface area contributed by atoms with Gasteiger partial charge in [-0.25, -0.2) is 13.6 Å². The topological polar surface area (TPSA) is 60.2 Å². The fourth-order valence-electron chi connectivity index (χ4n) is 2.51. The Labute approximate surface area is 96.7 Å². The molecular weight excluding hydrogens is 222 g/mol. The molecule has 0 saturated carbocycles. The molecule has 0 aromatic heterocycles. The van der Waals surface area contributed by atoms with Gasteiger partial charge in [0.15, 0.2) is 0 Å². The largest absolute Gasteiger partial charge is 0.238 e. The van der Waals surface area contributed by atoms with E-state index in [1.54, 1.807) is 12.1 Å². The molecule has 1 unspecified atom stereocenters. The first-order valence-corrected chi connectivity index (χ1v) is 7.22. The van der Waals surface area contributed by atoms with Crippen molar-refractivity contribution in [1.29, 1.82) is 0 Å². The summed E-state index contributed by atoms with van der Waals surface area (Å²) in [5.74, 6) is 0.606. The predicted molar refractivity (Wildman–Crippen MR) is 63.8 cm³/mol. The smallest absolute Gasteiger partial charge is 0.225 e. The zero-order valence-electron chi connectivity index (χ0n) is 9.44. The van der Waals surface area contributed by atoms with E-state index in [1.807, 2.05) is 6.07 Å². The molecule has 16 heavy (non-hydrogen) atoms. The zero-order valence-corrected chi connectivity index (χ0v) is 10.3. The maximum atomic E-state index is 11.2. The normalized spacial score (nSPS) is 19.8. The Morgan fingerprint density at radius 3 is 2.81 bits per heavy atom. The summed E-state index contributed by atoms with van der Waals surface area (Å²) in [6, 6.07) is 5.30. The fraction of sp³-hybridized carbons (Fsp3) is 0.500. The lowest BCUT2D eigenvalue weighted by Crippen LogP contribution is -2.12. The molecule has 0 aliphatic heterocycles. The van der Waals surface area contributed by atoms with Crippen molar-refractivity contribution >= 4 is 10.0 Å². The van der Waals surface area contributed by atoms with Gasteiger partial charge in [-0.2, -0.15) is 0 Å². The molecule has 0 bridgehead atoms. The molecule has 0 heterocycles. The van der Waals surface area contributed by atoms with Gasteiger partial charge in [-0.3, -0.25) is 0 Å². The van der Waals surface area contributed by atoms with Gasteiger partial charge in [0, 0.05) is 0 Å². The number of hydrogen-bond acceptors (Lipinski definition) is 2. The third-order valence-corrected chi connectivity index (χ3v) is 4.19. The average molecular weight is 239 g/mol. The van der Waals surface area contributed by atoms with Crippen LogP contribution in [-0.2, 0) is 16.4 Å². The molecule has 0 fully saturated rings. The lowest BCUT2D eigenvalue weighted by Gasteiger charge is -2.10. The second kappa shape index (κ2) is 4.18. The van der Waals surface area contributed by atoms with Crippen LogP contribution >= 0.6 is 0 Å². The van der Waals surface area contributed by atoms with Gasteiger partial charge < -0.3 is 0 Å². The quantitative estimate of drug-likeness (QED) is 0.878. The number of aryl methyl sites for hydroxylation is 1. The standard InChI is InChI=1S/C12H17NO2S/c1-2-3-9-4-5-10-8-11(16(13,14)15)6-7-12(9)10/h6-9H,2-5H2,1H3,(H2,13,14,15). The molecule has 1 aliphatic carbocycles. The van der Waals surface area contributed by atoms with E-state index < -0.39 is 10.0 Å². The zero-order chi connectivity index (χ0) is 11.8. The van der Waals surface area contributed by atoms with Crippen LogP contribution in [0.3, 0.4) is 0 Å². The number of sulfonamides is 1. The van der Waals surface area contributed by atoms with Crippen LogP contribution in [0.2, 0.25) is 0 Å². The van der Waals surface area contributed by atoms with Gasteiger partial charge >= 0.3 is 0 Å². The molecule has 1 atom stereocenters. The Morgan fingerprint density at radius 2 is 2.19 bits per heavy atom. The Kier molecular flexibility index (Phi) is 3.04. The van der Waals surface area contributed by atoms with Crippen molar-refractivity contribution in [2.75, 3.05) is 0 Å². The summed E-state index contributed by atoms with van der Waals surface area (Å²) in [5, 5.41) is 5.12. The molecule has 0 spiro atoms. The van der Waals surface area contributed by atoms with E-state index in [-0.39, 0.29) is 4.90 Å². The molecule has 4 heteroatoms. The third kappa shape index (κ3) is 2.13. The van der Waals surface area contributed by atoms with E-state index in [9.17, 15) is 8.42 Å². The fourth-order valence-corrected chi connectivity index (χ4v) is 3.07. The minimum atomic E-state index is -3.55. The predicted octanol–water partition coefficient (Wildman–Crippen LogP) is 2.16. The van der Waals surface area contributed by atoms with Gasteiger partial charge in [0.1, 0.15) is 0 Å². The van der Waals surface area contributed by atoms with Crippen LogP contribution in [0.15, 0.2) is 23.1 Å². The van der Waals surface area contributed by atoms with Gasteiger partial charge in [0.05, 0.1) is 4.90 Å². The highest BCUT2D eigenvalue weighted by atomic mass is 32.2. The van der Waals surface area contributed by atoms with E-state index in [1.165, 1.54) is 18.4 Å². The maximum Gasteiger partial charge on any atom is 0.238 e. The highest BCUT2D eigenvalue weighted by Crippen LogP contribution is 2.36. The molecule has 1 aromatic rings. The first-order valence-electron chi connectivity index (χ1n) is 5.68. The summed E-state index contributed by atoms with van der Waals surface area (Å²) >= 11 is 0. The Bertz CT molecular complexity index is 494. The Hall–Kier alpha value is -0.870. The molecule has 0 saturated heterocycles. The van der Waals surface area contributed by atoms with Gasteiger partial charge in [-0.15, -0.1) is 0 Å². The second-order valence-corrected chi connectivity index (χ2v) is 5.99. The molecule has 3 nitrogen and oxygen atoms in total. The molecule has 0 radical (unpaired) electrons. The summed E-state index contributed by atoms with van der Waals surface area (Å²) in [7, 11) is -3.55. The molecule has 1 aliphatic rings. The lowest BCUT2D eigenvalue weighted by atomic mass is 9.97. The SMILES string of the molecule is CCCC1CCc2cc(S(N)(=O)=O)ccc21. The van der Waals surface area contributed by atoms with Gasteiger partial charge in [0.2, 0.25) is 10.0 Å². The van der Waals surface area contributed by atoms with Crippen LogP contribution < -0.4 is 5.14 Å². The van der Waals surface area contributed by atoms with Crippen LogP contribution in [0.25, 0.3) is 0 Å². The van der Waals surface area contributed by atoms with Crippen molar-refractivity contribution in [3.05, 3.63) is 29.3 Å². The van der Waals surface area contributed by atoms with Crippen molar-refractivity contribution < 1.29 is 8.42 Å². The van der Waals surface area contributed by atoms with Crippen LogP contribution in [0.1, 0.15) is 43.2 Å². The number of fused-ring (bicyclic) bond motifs is 1. The molecule has 88 valence electrons. The van der Waals surface area contributed by atoms with Crippen molar-refractivity contribution in [2.24, 2.45) is 5.14 Å². The minimum absolute atomic E-state index is 0.239. The highest BCUT2D eigenvalue weighted by molar-refractivity contribution is 7.89. The summed E-state index contributed by atoms with van der Waals surface area (Å²) in [5.41, 5.74) is 2.47. The van der Waals surface area contributed by atoms with Crippen molar-refractivity contribution in [3.8, 4) is 0 Å². The number of hydrogen-bond donors (Lipinski definition) is 1. The van der Waals surface area contributed by atoms with Gasteiger partial charge in [0.25, 0.3) is 0 Å². The number of benzene rings is 1. The monoisotopic (exact) mass is 239 g/mol. The first-order chi connectivity index (χ1) is 7.52. The van der Waals surface area contributed by atoms with Crippen molar-refractivity contribution in [1.82, 2.24) is 0 Å². The maximum absolute atomic E-state index is 11.2. The van der Waals surface area contributed by atoms with Crippen molar-refractivity contribution in [2.45, 2.75) is 43.4 Å². The van der Waals surface area contributed by atoms with Crippen LogP contribution in [0.4, 0.5) is 0 Å². The average Bonchev–Trinajstić information content (AvgIpc) is 2.60. The first kappa shape index (κ1) is 11.6. The van der Waals surface area contributed by atoms with Gasteiger partial charge in [-0.1, -0.05) is 19.4 Å². The Morgan fingerprint density at radius 1 is 1.44 bits per heavy atom. The molecule has 2 rings (SSSR count). The van der Waals surface area contributed by atoms with Crippen LogP contribution in [0, 0.1) is 0 Å². The molecular formula is C12H17NO2S. The summed E-state index contributed by atoms with van der Waals surface area (Å²) < 4.78 is 22.4. The summed E-state index contributed by atoms with van der Waals surface area (Å²) in [6.45, 7) is 2.18. The highest BCUT2D eigenvalue weighted by Gasteiger charge is 2.23. The third-order valence-electron chi connectivity index (χ3n) is 3.28. The van der Waals surface area contributed by atoms with E-state index in [0.29, 0.717) is 5.92 Å². The van der Waals surface area contributed by atoms with E-state index in [2.05, 4.69) is 6.92 Å². The lowest BCUT2D eigenvalue weighted by molar-refractivity contribution is 0.597. The van der Waals surface area contributed by atoms with E-state index >= 15 is 0 Å². The molecule has 1 aromatic carbocycles. The number of rotatable bonds is 3. The molecule has 0 amide bonds. The van der Waals surface area contributed by atoms with E-state index in [4.69, 9.17) is 5.14 Å². The van der Waals surface area contributed by atoms with Crippen LogP contribution in [-0.4, -0.2) is 8.42 Å². The minimum Gasteiger partial charge on any atom is -0.225 e. The summed E-state index contributed by atoms with van der Waals surface area (Å²) in [4.78, 5) is 0.239. The number of primary sulfonamides is 1. The second-order valence-electron chi connectivity index (χ2n) is 4.43. The van der Waals surface area contributed by atoms with Crippen molar-refractivity contribution in [3.63, 3.8) is 0 Å². The van der Waals surface area contributed by atoms with E-state index in [0.717, 1.165) is 18.4 Å². The Balaban J connectivity index is 2.37.